The molecule has 152 valence electrons. The van der Waals surface area contributed by atoms with Crippen LogP contribution in [0.3, 0.4) is 0 Å². The number of aromatic nitrogens is 3. The van der Waals surface area contributed by atoms with Gasteiger partial charge in [0.1, 0.15) is 16.4 Å². The van der Waals surface area contributed by atoms with Crippen LogP contribution < -0.4 is 0 Å². The number of nitrogens with zero attached hydrogens (tertiary/aromatic N) is 4. The molecule has 0 N–H and O–H groups in total. The summed E-state index contributed by atoms with van der Waals surface area (Å²) >= 11 is 2.60. The largest absolute Gasteiger partial charge is 0.433 e. The number of carbonyl (C=O) groups excluding carboxylic acids is 1. The van der Waals surface area contributed by atoms with Gasteiger partial charge in [-0.15, -0.1) is 22.7 Å². The number of aryl methyl sites for hydroxylation is 1. The molecule has 1 saturated heterocycles. The van der Waals surface area contributed by atoms with Gasteiger partial charge in [0.05, 0.1) is 21.8 Å². The summed E-state index contributed by atoms with van der Waals surface area (Å²) in [6, 6.07) is 4.50. The van der Waals surface area contributed by atoms with Crippen LogP contribution in [0.2, 0.25) is 0 Å². The molecule has 1 amide bonds. The monoisotopic (exact) mass is 438 g/mol. The van der Waals surface area contributed by atoms with Gasteiger partial charge in [0, 0.05) is 19.0 Å². The van der Waals surface area contributed by atoms with Gasteiger partial charge < -0.3 is 4.90 Å². The summed E-state index contributed by atoms with van der Waals surface area (Å²) in [5, 5.41) is 1.79. The summed E-state index contributed by atoms with van der Waals surface area (Å²) in [6.45, 7) is 2.62. The molecule has 1 atom stereocenters. The SMILES string of the molecule is Cc1ncsc1C(=O)N1CCC[C@@H](c2nc(-c3cccs3)cc(C(F)(F)F)n2)C1. The zero-order chi connectivity index (χ0) is 20.6. The zero-order valence-corrected chi connectivity index (χ0v) is 17.1. The van der Waals surface area contributed by atoms with E-state index in [0.29, 0.717) is 41.4 Å². The van der Waals surface area contributed by atoms with Crippen molar-refractivity contribution in [2.24, 2.45) is 0 Å². The number of hydrogen-bond acceptors (Lipinski definition) is 6. The summed E-state index contributed by atoms with van der Waals surface area (Å²) in [5.74, 6) is -0.344. The molecular formula is C19H17F3N4OS2. The van der Waals surface area contributed by atoms with E-state index in [0.717, 1.165) is 6.07 Å². The Labute approximate surface area is 173 Å². The van der Waals surface area contributed by atoms with E-state index in [-0.39, 0.29) is 23.3 Å². The van der Waals surface area contributed by atoms with E-state index in [1.54, 1.807) is 34.8 Å². The molecule has 3 aromatic heterocycles. The first kappa shape index (κ1) is 20.0. The fourth-order valence-electron chi connectivity index (χ4n) is 3.37. The highest BCUT2D eigenvalue weighted by Crippen LogP contribution is 2.34. The molecule has 10 heteroatoms. The van der Waals surface area contributed by atoms with E-state index in [2.05, 4.69) is 15.0 Å². The molecule has 1 fully saturated rings. The molecule has 5 nitrogen and oxygen atoms in total. The number of halogens is 3. The third-order valence-corrected chi connectivity index (χ3v) is 6.63. The average molecular weight is 438 g/mol. The molecule has 0 radical (unpaired) electrons. The van der Waals surface area contributed by atoms with Crippen LogP contribution >= 0.6 is 22.7 Å². The number of thiophene rings is 1. The van der Waals surface area contributed by atoms with E-state index in [9.17, 15) is 18.0 Å². The van der Waals surface area contributed by atoms with Gasteiger partial charge in [-0.25, -0.2) is 15.0 Å². The molecule has 0 aromatic carbocycles. The first-order valence-corrected chi connectivity index (χ1v) is 10.8. The topological polar surface area (TPSA) is 59.0 Å². The van der Waals surface area contributed by atoms with Crippen LogP contribution in [0.25, 0.3) is 10.6 Å². The zero-order valence-electron chi connectivity index (χ0n) is 15.4. The fourth-order valence-corrected chi connectivity index (χ4v) is 4.82. The lowest BCUT2D eigenvalue weighted by molar-refractivity contribution is -0.141. The van der Waals surface area contributed by atoms with Gasteiger partial charge in [-0.3, -0.25) is 4.79 Å². The Hall–Kier alpha value is -2.33. The minimum Gasteiger partial charge on any atom is -0.337 e. The summed E-state index contributed by atoms with van der Waals surface area (Å²) in [5.41, 5.74) is 1.59. The van der Waals surface area contributed by atoms with E-state index in [1.807, 2.05) is 0 Å². The summed E-state index contributed by atoms with van der Waals surface area (Å²) < 4.78 is 40.3. The van der Waals surface area contributed by atoms with Gasteiger partial charge >= 0.3 is 6.18 Å². The van der Waals surface area contributed by atoms with Gasteiger partial charge in [-0.05, 0) is 37.3 Å². The molecule has 0 unspecified atom stereocenters. The number of amides is 1. The van der Waals surface area contributed by atoms with Gasteiger partial charge in [-0.1, -0.05) is 6.07 Å². The highest BCUT2D eigenvalue weighted by molar-refractivity contribution is 7.13. The van der Waals surface area contributed by atoms with Crippen molar-refractivity contribution in [1.82, 2.24) is 19.9 Å². The highest BCUT2D eigenvalue weighted by Gasteiger charge is 2.36. The molecule has 3 aromatic rings. The number of thiazole rings is 1. The van der Waals surface area contributed by atoms with Crippen LogP contribution in [0, 0.1) is 6.92 Å². The maximum atomic E-state index is 13.4. The molecule has 1 aliphatic rings. The number of alkyl halides is 3. The van der Waals surface area contributed by atoms with E-state index in [4.69, 9.17) is 0 Å². The van der Waals surface area contributed by atoms with Crippen LogP contribution in [0.4, 0.5) is 13.2 Å². The summed E-state index contributed by atoms with van der Waals surface area (Å²) in [7, 11) is 0. The minimum absolute atomic E-state index is 0.139. The number of piperidine rings is 1. The Morgan fingerprint density at radius 2 is 2.10 bits per heavy atom. The number of hydrogen-bond donors (Lipinski definition) is 0. The van der Waals surface area contributed by atoms with Crippen molar-refractivity contribution >= 4 is 28.6 Å². The van der Waals surface area contributed by atoms with Gasteiger partial charge in [0.2, 0.25) is 0 Å². The molecule has 1 aliphatic heterocycles. The van der Waals surface area contributed by atoms with Crippen LogP contribution in [-0.4, -0.2) is 38.8 Å². The lowest BCUT2D eigenvalue weighted by atomic mass is 9.96. The van der Waals surface area contributed by atoms with Crippen molar-refractivity contribution in [3.05, 3.63) is 51.2 Å². The third-order valence-electron chi connectivity index (χ3n) is 4.82. The Morgan fingerprint density at radius 1 is 1.28 bits per heavy atom. The molecule has 29 heavy (non-hydrogen) atoms. The second kappa shape index (κ2) is 7.83. The molecule has 0 aliphatic carbocycles. The number of rotatable bonds is 3. The lowest BCUT2D eigenvalue weighted by Crippen LogP contribution is -2.39. The third kappa shape index (κ3) is 4.18. The minimum atomic E-state index is -4.56. The first-order valence-electron chi connectivity index (χ1n) is 9.02. The Kier molecular flexibility index (Phi) is 5.39. The second-order valence-electron chi connectivity index (χ2n) is 6.83. The predicted octanol–water partition coefficient (Wildman–Crippen LogP) is 5.01. The molecule has 0 spiro atoms. The maximum absolute atomic E-state index is 13.4. The molecule has 4 rings (SSSR count). The van der Waals surface area contributed by atoms with Crippen molar-refractivity contribution in [2.45, 2.75) is 31.9 Å². The first-order chi connectivity index (χ1) is 13.8. The van der Waals surface area contributed by atoms with E-state index in [1.165, 1.54) is 22.7 Å². The fraction of sp³-hybridized carbons (Fsp3) is 0.368. The van der Waals surface area contributed by atoms with Crippen molar-refractivity contribution in [1.29, 1.82) is 0 Å². The predicted molar refractivity (Wildman–Crippen MR) is 105 cm³/mol. The number of carbonyl (C=O) groups is 1. The summed E-state index contributed by atoms with van der Waals surface area (Å²) in [4.78, 5) is 28.1. The van der Waals surface area contributed by atoms with E-state index < -0.39 is 11.9 Å². The van der Waals surface area contributed by atoms with Crippen LogP contribution in [0.1, 0.15) is 45.6 Å². The van der Waals surface area contributed by atoms with E-state index >= 15 is 0 Å². The highest BCUT2D eigenvalue weighted by atomic mass is 32.1. The van der Waals surface area contributed by atoms with Gasteiger partial charge in [0.15, 0.2) is 0 Å². The van der Waals surface area contributed by atoms with Crippen molar-refractivity contribution in [3.8, 4) is 10.6 Å². The normalized spacial score (nSPS) is 17.5. The molecule has 0 saturated carbocycles. The van der Waals surface area contributed by atoms with Gasteiger partial charge in [0.25, 0.3) is 5.91 Å². The molecule has 0 bridgehead atoms. The second-order valence-corrected chi connectivity index (χ2v) is 8.63. The van der Waals surface area contributed by atoms with Crippen molar-refractivity contribution in [3.63, 3.8) is 0 Å². The molecular weight excluding hydrogens is 421 g/mol. The average Bonchev–Trinajstić information content (AvgIpc) is 3.38. The Bertz CT molecular complexity index is 1020. The van der Waals surface area contributed by atoms with Crippen LogP contribution in [0.5, 0.6) is 0 Å². The quantitative estimate of drug-likeness (QED) is 0.577. The standard InChI is InChI=1S/C19H17F3N4OS2/c1-11-16(29-10-23-11)18(27)26-6-2-4-12(9-26)17-24-13(14-5-3-7-28-14)8-15(25-17)19(20,21)22/h3,5,7-8,10,12H,2,4,6,9H2,1H3/t12-/m1/s1. The van der Waals surface area contributed by atoms with Crippen molar-refractivity contribution < 1.29 is 18.0 Å². The van der Waals surface area contributed by atoms with Crippen molar-refractivity contribution in [2.75, 3.05) is 13.1 Å². The lowest BCUT2D eigenvalue weighted by Gasteiger charge is -2.32. The smallest absolute Gasteiger partial charge is 0.337 e. The number of likely N-dealkylation sites (tertiary alicyclic amines) is 1. The van der Waals surface area contributed by atoms with Crippen LogP contribution in [0.15, 0.2) is 29.1 Å². The van der Waals surface area contributed by atoms with Crippen LogP contribution in [-0.2, 0) is 6.18 Å². The summed E-state index contributed by atoms with van der Waals surface area (Å²) in [6.07, 6.45) is -3.24. The molecule has 4 heterocycles. The Morgan fingerprint density at radius 3 is 2.76 bits per heavy atom. The Balaban J connectivity index is 1.65. The van der Waals surface area contributed by atoms with Gasteiger partial charge in [-0.2, -0.15) is 13.2 Å². The maximum Gasteiger partial charge on any atom is 0.433 e.